The fraction of sp³-hybridized carbons (Fsp3) is 0.340. The van der Waals surface area contributed by atoms with Crippen molar-refractivity contribution in [2.24, 2.45) is 5.92 Å². The zero-order valence-electron chi connectivity index (χ0n) is 32.7. The zero-order valence-corrected chi connectivity index (χ0v) is 33.5. The van der Waals surface area contributed by atoms with E-state index < -0.39 is 46.7 Å². The second kappa shape index (κ2) is 19.2. The summed E-state index contributed by atoms with van der Waals surface area (Å²) < 4.78 is 43.4. The third-order valence-corrected chi connectivity index (χ3v) is 12.0. The van der Waals surface area contributed by atoms with Gasteiger partial charge in [-0.3, -0.25) is 4.79 Å². The van der Waals surface area contributed by atoms with E-state index in [1.807, 2.05) is 84.9 Å². The Morgan fingerprint density at radius 3 is 2.05 bits per heavy atom. The minimum Gasteiger partial charge on any atom is -0.489 e. The van der Waals surface area contributed by atoms with Gasteiger partial charge in [0, 0.05) is 23.3 Å². The van der Waals surface area contributed by atoms with Crippen molar-refractivity contribution in [3.8, 4) is 5.75 Å². The summed E-state index contributed by atoms with van der Waals surface area (Å²) in [5.74, 6) is -0.144. The summed E-state index contributed by atoms with van der Waals surface area (Å²) in [6, 6.07) is 36.2. The van der Waals surface area contributed by atoms with Crippen LogP contribution in [0.3, 0.4) is 0 Å². The molecule has 0 saturated carbocycles. The van der Waals surface area contributed by atoms with Gasteiger partial charge in [-0.15, -0.1) is 0 Å². The Morgan fingerprint density at radius 1 is 0.776 bits per heavy atom. The molecule has 3 atom stereocenters. The molecule has 1 aliphatic heterocycles. The molecule has 0 bridgehead atoms. The van der Waals surface area contributed by atoms with Crippen molar-refractivity contribution in [3.63, 3.8) is 0 Å². The first-order chi connectivity index (χ1) is 27.9. The summed E-state index contributed by atoms with van der Waals surface area (Å²) in [5.41, 5.74) is 4.91. The van der Waals surface area contributed by atoms with Crippen LogP contribution in [0, 0.1) is 11.7 Å². The predicted molar refractivity (Wildman–Crippen MR) is 223 cm³/mol. The minimum absolute atomic E-state index is 0.0759. The van der Waals surface area contributed by atoms with Crippen LogP contribution in [0.4, 0.5) is 10.1 Å². The average Bonchev–Trinajstić information content (AvgIpc) is 3.23. The molecule has 1 amide bonds. The van der Waals surface area contributed by atoms with Gasteiger partial charge in [0.1, 0.15) is 33.6 Å². The molecule has 1 aliphatic rings. The first-order valence-corrected chi connectivity index (χ1v) is 21.8. The molecule has 5 aromatic rings. The molecule has 0 radical (unpaired) electrons. The van der Waals surface area contributed by atoms with Gasteiger partial charge in [-0.2, -0.15) is 0 Å². The molecule has 6 rings (SSSR count). The van der Waals surface area contributed by atoms with E-state index in [1.165, 1.54) is 18.4 Å². The van der Waals surface area contributed by atoms with Crippen LogP contribution in [0.5, 0.6) is 5.75 Å². The lowest BCUT2D eigenvalue weighted by atomic mass is 9.77. The van der Waals surface area contributed by atoms with Gasteiger partial charge in [0.25, 0.3) is 0 Å². The van der Waals surface area contributed by atoms with Gasteiger partial charge in [0.2, 0.25) is 5.91 Å². The van der Waals surface area contributed by atoms with Crippen LogP contribution in [0.1, 0.15) is 76.8 Å². The lowest BCUT2D eigenvalue weighted by Gasteiger charge is -2.48. The van der Waals surface area contributed by atoms with Crippen LogP contribution in [-0.2, 0) is 46.1 Å². The lowest BCUT2D eigenvalue weighted by molar-refractivity contribution is -0.131. The predicted octanol–water partition coefficient (Wildman–Crippen LogP) is 6.95. The highest BCUT2D eigenvalue weighted by Crippen LogP contribution is 2.49. The highest BCUT2D eigenvalue weighted by molar-refractivity contribution is 7.90. The Morgan fingerprint density at radius 2 is 1.40 bits per heavy atom. The van der Waals surface area contributed by atoms with E-state index in [4.69, 9.17) is 4.74 Å². The summed E-state index contributed by atoms with van der Waals surface area (Å²) in [4.78, 5) is 15.9. The molecule has 0 unspecified atom stereocenters. The molecule has 1 saturated heterocycles. The van der Waals surface area contributed by atoms with Crippen LogP contribution in [0.25, 0.3) is 0 Å². The fourth-order valence-corrected chi connectivity index (χ4v) is 8.25. The first kappa shape index (κ1) is 42.7. The van der Waals surface area contributed by atoms with Gasteiger partial charge >= 0.3 is 0 Å². The number of halogens is 1. The maximum Gasteiger partial charge on any atom is 0.233 e. The Kier molecular flexibility index (Phi) is 14.2. The van der Waals surface area contributed by atoms with E-state index in [0.29, 0.717) is 62.0 Å². The SMILES string of the molecule is CS(=O)(=O)CCCCc1ccc(N2C(=O)[C@H](CC[C@H](O)c3ccc(F)cc3)[C@H]2c2ccc(CCc3ccc(C(O)(CO)CO)cc3)cc2OCc2ccccc2)cc1. The Balaban J connectivity index is 1.27. The van der Waals surface area contributed by atoms with Crippen molar-refractivity contribution >= 4 is 21.4 Å². The highest BCUT2D eigenvalue weighted by atomic mass is 32.2. The number of carbonyl (C=O) groups excluding carboxylic acids is 1. The third-order valence-electron chi connectivity index (χ3n) is 11.0. The first-order valence-electron chi connectivity index (χ1n) is 19.7. The number of aryl methyl sites for hydroxylation is 3. The number of rotatable bonds is 20. The maximum absolute atomic E-state index is 14.1. The van der Waals surface area contributed by atoms with Gasteiger partial charge in [-0.25, -0.2) is 12.8 Å². The van der Waals surface area contributed by atoms with Gasteiger partial charge in [0.05, 0.1) is 31.3 Å². The average molecular weight is 810 g/mol. The molecule has 11 heteroatoms. The highest BCUT2D eigenvalue weighted by Gasteiger charge is 2.49. The molecule has 1 heterocycles. The lowest BCUT2D eigenvalue weighted by Crippen LogP contribution is -2.55. The smallest absolute Gasteiger partial charge is 0.233 e. The summed E-state index contributed by atoms with van der Waals surface area (Å²) in [6.07, 6.45) is 4.40. The number of β-lactam (4-membered cyclic amide) rings is 1. The largest absolute Gasteiger partial charge is 0.489 e. The quantitative estimate of drug-likeness (QED) is 0.0489. The molecule has 4 N–H and O–H groups in total. The van der Waals surface area contributed by atoms with Crippen LogP contribution in [0.2, 0.25) is 0 Å². The number of nitrogens with zero attached hydrogens (tertiary/aromatic N) is 1. The number of hydrogen-bond acceptors (Lipinski definition) is 8. The monoisotopic (exact) mass is 809 g/mol. The minimum atomic E-state index is -3.02. The van der Waals surface area contributed by atoms with Crippen molar-refractivity contribution in [1.82, 2.24) is 0 Å². The Hall–Kier alpha value is -4.91. The molecule has 306 valence electrons. The fourth-order valence-electron chi connectivity index (χ4n) is 7.52. The molecule has 58 heavy (non-hydrogen) atoms. The summed E-state index contributed by atoms with van der Waals surface area (Å²) in [5, 5.41) is 40.8. The number of benzene rings is 5. The number of amides is 1. The second-order valence-corrected chi connectivity index (χ2v) is 17.6. The van der Waals surface area contributed by atoms with Gasteiger partial charge in [0.15, 0.2) is 0 Å². The number of aliphatic hydroxyl groups excluding tert-OH is 3. The topological polar surface area (TPSA) is 145 Å². The summed E-state index contributed by atoms with van der Waals surface area (Å²) in [6.45, 7) is -0.887. The standard InChI is InChI=1S/C47H52FNO8S/c1-58(55,56)28-6-5-7-33-14-23-40(24-15-33)49-45(42(46(49)53)26-27-43(52)37-17-21-39(48)22-18-37)41-25-16-35(29-44(41)57-30-36-8-3-2-4-9-36)11-10-34-12-19-38(20-13-34)47(54,31-50)32-51/h2-4,8-9,12-25,29,42-43,45,50-52,54H,5-7,10-11,26-28,30-32H2,1H3/t42-,43+,45-/m1/s1. The Bertz CT molecular complexity index is 2210. The molecule has 0 spiro atoms. The van der Waals surface area contributed by atoms with Crippen molar-refractivity contribution in [1.29, 1.82) is 0 Å². The number of ether oxygens (including phenoxy) is 1. The molecular formula is C47H52FNO8S. The number of unbranched alkanes of at least 4 members (excludes halogenated alkanes) is 1. The number of anilines is 1. The van der Waals surface area contributed by atoms with Crippen molar-refractivity contribution < 1.29 is 42.8 Å². The van der Waals surface area contributed by atoms with Crippen LogP contribution in [0.15, 0.2) is 121 Å². The number of carbonyl (C=O) groups is 1. The third kappa shape index (κ3) is 10.8. The normalized spacial score (nSPS) is 16.2. The van der Waals surface area contributed by atoms with Gasteiger partial charge < -0.3 is 30.1 Å². The van der Waals surface area contributed by atoms with E-state index in [-0.39, 0.29) is 17.5 Å². The van der Waals surface area contributed by atoms with E-state index in [2.05, 4.69) is 0 Å². The summed E-state index contributed by atoms with van der Waals surface area (Å²) in [7, 11) is -3.02. The number of aliphatic hydroxyl groups is 4. The van der Waals surface area contributed by atoms with Crippen molar-refractivity contribution in [2.75, 3.05) is 30.1 Å². The molecule has 0 aromatic heterocycles. The van der Waals surface area contributed by atoms with Gasteiger partial charge in [-0.05, 0) is 109 Å². The zero-order chi connectivity index (χ0) is 41.3. The van der Waals surface area contributed by atoms with Crippen LogP contribution >= 0.6 is 0 Å². The van der Waals surface area contributed by atoms with E-state index in [0.717, 1.165) is 39.9 Å². The van der Waals surface area contributed by atoms with E-state index >= 15 is 0 Å². The molecule has 9 nitrogen and oxygen atoms in total. The van der Waals surface area contributed by atoms with Crippen molar-refractivity contribution in [2.45, 2.75) is 69.3 Å². The van der Waals surface area contributed by atoms with Crippen LogP contribution in [-0.4, -0.2) is 60.0 Å². The molecular weight excluding hydrogens is 758 g/mol. The van der Waals surface area contributed by atoms with E-state index in [1.54, 1.807) is 29.2 Å². The van der Waals surface area contributed by atoms with Crippen molar-refractivity contribution in [3.05, 3.63) is 166 Å². The molecule has 0 aliphatic carbocycles. The summed E-state index contributed by atoms with van der Waals surface area (Å²) >= 11 is 0. The van der Waals surface area contributed by atoms with Gasteiger partial charge in [-0.1, -0.05) is 91.0 Å². The maximum atomic E-state index is 14.1. The van der Waals surface area contributed by atoms with E-state index in [9.17, 15) is 38.0 Å². The molecule has 5 aromatic carbocycles. The Labute approximate surface area is 340 Å². The molecule has 1 fully saturated rings. The number of hydrogen-bond donors (Lipinski definition) is 4. The second-order valence-electron chi connectivity index (χ2n) is 15.3. The van der Waals surface area contributed by atoms with Crippen LogP contribution < -0.4 is 9.64 Å². The number of sulfone groups is 1.